The van der Waals surface area contributed by atoms with E-state index in [1.165, 1.54) is 28.5 Å². The van der Waals surface area contributed by atoms with Crippen LogP contribution < -0.4 is 9.47 Å². The number of Topliss-reactive ketones (excluding diaryl/α,β-unsaturated/α-hetero) is 1. The highest BCUT2D eigenvalue weighted by Gasteiger charge is 2.20. The van der Waals surface area contributed by atoms with Crippen LogP contribution in [-0.2, 0) is 6.42 Å². The summed E-state index contributed by atoms with van der Waals surface area (Å²) in [4.78, 5) is 12.8. The molecule has 0 bridgehead atoms. The molecule has 2 heterocycles. The van der Waals surface area contributed by atoms with Gasteiger partial charge in [-0.05, 0) is 52.9 Å². The number of aromatic nitrogens is 2. The van der Waals surface area contributed by atoms with E-state index in [0.717, 1.165) is 17.5 Å². The minimum absolute atomic E-state index is 0.0278. The Balaban J connectivity index is 1.16. The molecule has 1 aromatic heterocycles. The van der Waals surface area contributed by atoms with Gasteiger partial charge in [-0.2, -0.15) is 0 Å². The molecule has 7 heteroatoms. The number of thioether (sulfide) groups is 1. The number of ether oxygens (including phenoxy) is 2. The van der Waals surface area contributed by atoms with Crippen molar-refractivity contribution in [3.05, 3.63) is 77.4 Å². The van der Waals surface area contributed by atoms with E-state index in [1.807, 2.05) is 30.3 Å². The lowest BCUT2D eigenvalue weighted by Gasteiger charge is -2.04. The lowest BCUT2D eigenvalue weighted by Crippen LogP contribution is -2.02. The average Bonchev–Trinajstić information content (AvgIpc) is 3.54. The molecule has 0 atom stereocenters. The molecular formula is C24H16N2O4S. The maximum Gasteiger partial charge on any atom is 0.277 e. The van der Waals surface area contributed by atoms with Crippen molar-refractivity contribution >= 4 is 17.5 Å². The molecule has 0 spiro atoms. The summed E-state index contributed by atoms with van der Waals surface area (Å²) < 4.78 is 16.4. The number of fused-ring (bicyclic) bond motifs is 4. The van der Waals surface area contributed by atoms with Crippen molar-refractivity contribution in [3.8, 4) is 34.1 Å². The molecule has 31 heavy (non-hydrogen) atoms. The molecule has 6 rings (SSSR count). The predicted molar refractivity (Wildman–Crippen MR) is 116 cm³/mol. The maximum absolute atomic E-state index is 12.8. The van der Waals surface area contributed by atoms with E-state index in [1.54, 1.807) is 6.07 Å². The first-order valence-electron chi connectivity index (χ1n) is 9.85. The zero-order valence-corrected chi connectivity index (χ0v) is 17.1. The van der Waals surface area contributed by atoms with Crippen LogP contribution in [0.3, 0.4) is 0 Å². The smallest absolute Gasteiger partial charge is 0.277 e. The Bertz CT molecular complexity index is 1330. The summed E-state index contributed by atoms with van der Waals surface area (Å²) in [7, 11) is 0. The SMILES string of the molecule is O=C(CSc1nnc(-c2ccc3c(c2)OCO3)o1)c1ccc2c(c1)-c1ccccc1C2. The zero-order valence-electron chi connectivity index (χ0n) is 16.3. The molecule has 0 amide bonds. The van der Waals surface area contributed by atoms with Crippen molar-refractivity contribution in [1.82, 2.24) is 10.2 Å². The van der Waals surface area contributed by atoms with E-state index in [4.69, 9.17) is 13.9 Å². The van der Waals surface area contributed by atoms with E-state index in [9.17, 15) is 4.79 Å². The fourth-order valence-corrected chi connectivity index (χ4v) is 4.58. The fourth-order valence-electron chi connectivity index (χ4n) is 3.92. The number of carbonyl (C=O) groups excluding carboxylic acids is 1. The van der Waals surface area contributed by atoms with Gasteiger partial charge in [-0.1, -0.05) is 48.2 Å². The molecule has 0 radical (unpaired) electrons. The lowest BCUT2D eigenvalue weighted by atomic mass is 10.0. The van der Waals surface area contributed by atoms with Gasteiger partial charge in [0.1, 0.15) is 0 Å². The minimum atomic E-state index is 0.0278. The summed E-state index contributed by atoms with van der Waals surface area (Å²) in [5.74, 6) is 1.98. The molecule has 4 aromatic rings. The Kier molecular flexibility index (Phi) is 4.28. The standard InChI is InChI=1S/C24H16N2O4S/c27-20(16-6-5-15-9-14-3-1-2-4-18(14)19(15)10-16)12-31-24-26-25-23(30-24)17-7-8-21-22(11-17)29-13-28-21/h1-8,10-11H,9,12-13H2. The molecular weight excluding hydrogens is 412 g/mol. The van der Waals surface area contributed by atoms with Gasteiger partial charge in [0.2, 0.25) is 12.7 Å². The highest BCUT2D eigenvalue weighted by Crippen LogP contribution is 2.38. The van der Waals surface area contributed by atoms with Crippen molar-refractivity contribution < 1.29 is 18.7 Å². The highest BCUT2D eigenvalue weighted by atomic mass is 32.2. The normalized spacial score (nSPS) is 13.2. The second-order valence-electron chi connectivity index (χ2n) is 7.36. The van der Waals surface area contributed by atoms with Crippen molar-refractivity contribution in [3.63, 3.8) is 0 Å². The van der Waals surface area contributed by atoms with Crippen LogP contribution >= 0.6 is 11.8 Å². The lowest BCUT2D eigenvalue weighted by molar-refractivity contribution is 0.102. The van der Waals surface area contributed by atoms with Gasteiger partial charge in [0.15, 0.2) is 17.3 Å². The Morgan fingerprint density at radius 2 is 1.77 bits per heavy atom. The van der Waals surface area contributed by atoms with Crippen LogP contribution in [0.4, 0.5) is 0 Å². The van der Waals surface area contributed by atoms with Crippen LogP contribution in [0.1, 0.15) is 21.5 Å². The van der Waals surface area contributed by atoms with Gasteiger partial charge in [0.05, 0.1) is 5.75 Å². The number of ketones is 1. The summed E-state index contributed by atoms with van der Waals surface area (Å²) in [5, 5.41) is 8.51. The summed E-state index contributed by atoms with van der Waals surface area (Å²) in [6, 6.07) is 19.7. The number of benzene rings is 3. The van der Waals surface area contributed by atoms with Crippen LogP contribution in [-0.4, -0.2) is 28.5 Å². The van der Waals surface area contributed by atoms with E-state index < -0.39 is 0 Å². The van der Waals surface area contributed by atoms with Crippen molar-refractivity contribution in [2.75, 3.05) is 12.5 Å². The third-order valence-electron chi connectivity index (χ3n) is 5.47. The first kappa shape index (κ1) is 18.2. The molecule has 1 aliphatic carbocycles. The third kappa shape index (κ3) is 3.27. The second kappa shape index (κ2) is 7.28. The summed E-state index contributed by atoms with van der Waals surface area (Å²) in [5.41, 5.74) is 6.36. The predicted octanol–water partition coefficient (Wildman–Crippen LogP) is 5.01. The molecule has 0 N–H and O–H groups in total. The zero-order chi connectivity index (χ0) is 20.8. The summed E-state index contributed by atoms with van der Waals surface area (Å²) in [6.07, 6.45) is 0.916. The van der Waals surface area contributed by atoms with Gasteiger partial charge in [0, 0.05) is 11.1 Å². The molecule has 152 valence electrons. The van der Waals surface area contributed by atoms with E-state index >= 15 is 0 Å². The molecule has 0 fully saturated rings. The largest absolute Gasteiger partial charge is 0.454 e. The quantitative estimate of drug-likeness (QED) is 0.288. The van der Waals surface area contributed by atoms with Crippen LogP contribution in [0, 0.1) is 0 Å². The Morgan fingerprint density at radius 3 is 2.74 bits per heavy atom. The summed E-state index contributed by atoms with van der Waals surface area (Å²) in [6.45, 7) is 0.208. The third-order valence-corrected chi connectivity index (χ3v) is 6.29. The molecule has 1 aliphatic heterocycles. The molecule has 6 nitrogen and oxygen atoms in total. The van der Waals surface area contributed by atoms with Crippen molar-refractivity contribution in [2.45, 2.75) is 11.6 Å². The molecule has 0 saturated heterocycles. The number of rotatable bonds is 5. The van der Waals surface area contributed by atoms with Gasteiger partial charge >= 0.3 is 0 Å². The number of hydrogen-bond acceptors (Lipinski definition) is 7. The van der Waals surface area contributed by atoms with E-state index in [2.05, 4.69) is 34.5 Å². The van der Waals surface area contributed by atoms with E-state index in [-0.39, 0.29) is 18.3 Å². The second-order valence-corrected chi connectivity index (χ2v) is 8.29. The van der Waals surface area contributed by atoms with Gasteiger partial charge in [-0.3, -0.25) is 4.79 Å². The van der Waals surface area contributed by atoms with Crippen molar-refractivity contribution in [1.29, 1.82) is 0 Å². The number of hydrogen-bond donors (Lipinski definition) is 0. The fraction of sp³-hybridized carbons (Fsp3) is 0.125. The Labute approximate surface area is 182 Å². The highest BCUT2D eigenvalue weighted by molar-refractivity contribution is 7.99. The van der Waals surface area contributed by atoms with E-state index in [0.29, 0.717) is 28.2 Å². The van der Waals surface area contributed by atoms with Crippen LogP contribution in [0.25, 0.3) is 22.6 Å². The molecule has 2 aliphatic rings. The maximum atomic E-state index is 12.8. The van der Waals surface area contributed by atoms with Gasteiger partial charge in [-0.25, -0.2) is 0 Å². The Morgan fingerprint density at radius 1 is 0.903 bits per heavy atom. The van der Waals surface area contributed by atoms with Gasteiger partial charge < -0.3 is 13.9 Å². The monoisotopic (exact) mass is 428 g/mol. The van der Waals surface area contributed by atoms with Crippen LogP contribution in [0.5, 0.6) is 11.5 Å². The number of carbonyl (C=O) groups is 1. The molecule has 0 unspecified atom stereocenters. The molecule has 0 saturated carbocycles. The summed E-state index contributed by atoms with van der Waals surface area (Å²) >= 11 is 1.24. The average molecular weight is 428 g/mol. The van der Waals surface area contributed by atoms with Crippen LogP contribution in [0.2, 0.25) is 0 Å². The van der Waals surface area contributed by atoms with Gasteiger partial charge in [-0.15, -0.1) is 10.2 Å². The Hall–Kier alpha value is -3.58. The number of nitrogens with zero attached hydrogens (tertiary/aromatic N) is 2. The molecule has 3 aromatic carbocycles. The van der Waals surface area contributed by atoms with Crippen molar-refractivity contribution in [2.24, 2.45) is 0 Å². The first-order valence-corrected chi connectivity index (χ1v) is 10.8. The minimum Gasteiger partial charge on any atom is -0.454 e. The first-order chi connectivity index (χ1) is 15.2. The van der Waals surface area contributed by atoms with Gasteiger partial charge in [0.25, 0.3) is 5.22 Å². The van der Waals surface area contributed by atoms with Crippen LogP contribution in [0.15, 0.2) is 70.3 Å². The topological polar surface area (TPSA) is 74.5 Å².